The second-order valence-electron chi connectivity index (χ2n) is 6.21. The van der Waals surface area contributed by atoms with Crippen LogP contribution in [0.4, 0.5) is 10.6 Å². The van der Waals surface area contributed by atoms with Gasteiger partial charge in [-0.05, 0) is 49.3 Å². The van der Waals surface area contributed by atoms with Crippen LogP contribution in [-0.4, -0.2) is 27.6 Å². The lowest BCUT2D eigenvalue weighted by Crippen LogP contribution is -2.34. The Bertz CT molecular complexity index is 709. The largest absolute Gasteiger partial charge is 0.508 e. The minimum absolute atomic E-state index is 0.0682. The summed E-state index contributed by atoms with van der Waals surface area (Å²) < 4.78 is 0. The third kappa shape index (κ3) is 2.91. The number of phenols is 1. The zero-order valence-electron chi connectivity index (χ0n) is 12.7. The lowest BCUT2D eigenvalue weighted by Gasteiger charge is -2.25. The molecule has 2 N–H and O–H groups in total. The van der Waals surface area contributed by atoms with Crippen LogP contribution in [0.2, 0.25) is 0 Å². The fourth-order valence-electron chi connectivity index (χ4n) is 3.21. The van der Waals surface area contributed by atoms with Crippen molar-refractivity contribution in [1.82, 2.24) is 9.88 Å². The zero-order valence-corrected chi connectivity index (χ0v) is 13.6. The number of carbonyl (C=O) groups is 1. The Balaban J connectivity index is 1.50. The topological polar surface area (TPSA) is 65.5 Å². The van der Waals surface area contributed by atoms with E-state index >= 15 is 0 Å². The monoisotopic (exact) mass is 329 g/mol. The van der Waals surface area contributed by atoms with Gasteiger partial charge in [0.05, 0.1) is 16.4 Å². The summed E-state index contributed by atoms with van der Waals surface area (Å²) >= 11 is 1.63. The van der Waals surface area contributed by atoms with Crippen LogP contribution in [0.25, 0.3) is 0 Å². The molecule has 1 aliphatic carbocycles. The van der Waals surface area contributed by atoms with Crippen LogP contribution in [-0.2, 0) is 0 Å². The first-order chi connectivity index (χ1) is 11.2. The first kappa shape index (κ1) is 14.5. The maximum atomic E-state index is 12.7. The van der Waals surface area contributed by atoms with Gasteiger partial charge in [-0.3, -0.25) is 5.32 Å². The van der Waals surface area contributed by atoms with Crippen LogP contribution < -0.4 is 5.32 Å². The number of rotatable bonds is 3. The van der Waals surface area contributed by atoms with Crippen molar-refractivity contribution in [3.8, 4) is 5.75 Å². The normalized spacial score (nSPS) is 20.7. The molecule has 2 aromatic rings. The Hall–Kier alpha value is -2.08. The number of urea groups is 1. The molecule has 1 atom stereocenters. The summed E-state index contributed by atoms with van der Waals surface area (Å²) in [4.78, 5) is 20.1. The summed E-state index contributed by atoms with van der Waals surface area (Å²) in [5.74, 6) is 1.57. The number of anilines is 1. The molecule has 120 valence electrons. The van der Waals surface area contributed by atoms with Gasteiger partial charge in [0, 0.05) is 6.54 Å². The van der Waals surface area contributed by atoms with Gasteiger partial charge in [-0.25, -0.2) is 9.78 Å². The number of hydrogen-bond donors (Lipinski definition) is 2. The summed E-state index contributed by atoms with van der Waals surface area (Å²) in [6.45, 7) is 0.750. The van der Waals surface area contributed by atoms with Crippen LogP contribution in [0.1, 0.15) is 48.1 Å². The van der Waals surface area contributed by atoms with Crippen LogP contribution in [0.5, 0.6) is 5.75 Å². The number of aromatic hydroxyl groups is 1. The third-order valence-electron chi connectivity index (χ3n) is 4.56. The van der Waals surface area contributed by atoms with Gasteiger partial charge < -0.3 is 10.0 Å². The Kier molecular flexibility index (Phi) is 3.69. The molecule has 2 amide bonds. The average molecular weight is 329 g/mol. The van der Waals surface area contributed by atoms with Crippen molar-refractivity contribution in [1.29, 1.82) is 0 Å². The van der Waals surface area contributed by atoms with E-state index in [-0.39, 0.29) is 17.8 Å². The zero-order chi connectivity index (χ0) is 15.8. The number of benzene rings is 1. The van der Waals surface area contributed by atoms with Gasteiger partial charge in [-0.15, -0.1) is 11.3 Å². The van der Waals surface area contributed by atoms with Crippen molar-refractivity contribution in [2.45, 2.75) is 37.6 Å². The highest BCUT2D eigenvalue weighted by molar-refractivity contribution is 7.10. The lowest BCUT2D eigenvalue weighted by molar-refractivity contribution is 0.207. The molecule has 1 unspecified atom stereocenters. The molecule has 23 heavy (non-hydrogen) atoms. The van der Waals surface area contributed by atoms with E-state index in [0.717, 1.165) is 30.8 Å². The average Bonchev–Trinajstić information content (AvgIpc) is 3.09. The van der Waals surface area contributed by atoms with Gasteiger partial charge in [-0.1, -0.05) is 12.1 Å². The summed E-state index contributed by atoms with van der Waals surface area (Å²) in [5.41, 5.74) is 2.88. The van der Waals surface area contributed by atoms with Crippen molar-refractivity contribution in [2.75, 3.05) is 11.9 Å². The molecular weight excluding hydrogens is 310 g/mol. The summed E-state index contributed by atoms with van der Waals surface area (Å²) in [5, 5.41) is 12.4. The molecule has 2 heterocycles. The number of thiazole rings is 1. The summed E-state index contributed by atoms with van der Waals surface area (Å²) in [7, 11) is 0. The quantitative estimate of drug-likeness (QED) is 0.891. The number of nitrogens with zero attached hydrogens (tertiary/aromatic N) is 2. The van der Waals surface area contributed by atoms with Crippen LogP contribution >= 0.6 is 11.3 Å². The maximum absolute atomic E-state index is 12.7. The van der Waals surface area contributed by atoms with E-state index in [1.165, 1.54) is 17.7 Å². The summed E-state index contributed by atoms with van der Waals surface area (Å²) in [6, 6.07) is 7.13. The predicted octanol–water partition coefficient (Wildman–Crippen LogP) is 4.10. The molecule has 0 radical (unpaired) electrons. The number of amides is 2. The molecule has 1 saturated carbocycles. The van der Waals surface area contributed by atoms with Crippen molar-refractivity contribution in [3.63, 3.8) is 0 Å². The van der Waals surface area contributed by atoms with E-state index in [0.29, 0.717) is 5.92 Å². The molecule has 4 rings (SSSR count). The van der Waals surface area contributed by atoms with E-state index in [4.69, 9.17) is 0 Å². The molecule has 0 bridgehead atoms. The van der Waals surface area contributed by atoms with E-state index in [9.17, 15) is 9.90 Å². The highest BCUT2D eigenvalue weighted by Crippen LogP contribution is 2.45. The lowest BCUT2D eigenvalue weighted by atomic mass is 10.0. The minimum atomic E-state index is -0.0756. The van der Waals surface area contributed by atoms with E-state index in [1.54, 1.807) is 23.5 Å². The Morgan fingerprint density at radius 1 is 1.26 bits per heavy atom. The predicted molar refractivity (Wildman–Crippen MR) is 89.9 cm³/mol. The fourth-order valence-corrected chi connectivity index (χ4v) is 4.13. The third-order valence-corrected chi connectivity index (χ3v) is 5.55. The van der Waals surface area contributed by atoms with Crippen LogP contribution in [0.15, 0.2) is 29.8 Å². The molecule has 1 saturated heterocycles. The molecule has 0 spiro atoms. The second-order valence-corrected chi connectivity index (χ2v) is 7.10. The van der Waals surface area contributed by atoms with Gasteiger partial charge in [0.25, 0.3) is 0 Å². The molecule has 5 nitrogen and oxygen atoms in total. The standard InChI is InChI=1S/C17H19N3O2S/c21-13-7-5-11(6-8-13)14-2-1-9-20(14)17(22)19-16-15(12-3-4-12)23-10-18-16/h5-8,10,12,14,21H,1-4,9H2,(H,19,22). The first-order valence-corrected chi connectivity index (χ1v) is 8.90. The highest BCUT2D eigenvalue weighted by atomic mass is 32.1. The number of aromatic nitrogens is 1. The molecular formula is C17H19N3O2S. The number of likely N-dealkylation sites (tertiary alicyclic amines) is 1. The van der Waals surface area contributed by atoms with Crippen molar-refractivity contribution < 1.29 is 9.90 Å². The molecule has 1 aliphatic heterocycles. The summed E-state index contributed by atoms with van der Waals surface area (Å²) in [6.07, 6.45) is 4.34. The Morgan fingerprint density at radius 3 is 2.78 bits per heavy atom. The first-order valence-electron chi connectivity index (χ1n) is 8.02. The Labute approximate surface area is 139 Å². The second kappa shape index (κ2) is 5.85. The molecule has 6 heteroatoms. The van der Waals surface area contributed by atoms with Crippen molar-refractivity contribution >= 4 is 23.2 Å². The maximum Gasteiger partial charge on any atom is 0.323 e. The number of phenolic OH excluding ortho intramolecular Hbond substituents is 1. The molecule has 2 fully saturated rings. The van der Waals surface area contributed by atoms with Gasteiger partial charge in [-0.2, -0.15) is 0 Å². The number of hydrogen-bond acceptors (Lipinski definition) is 4. The van der Waals surface area contributed by atoms with Crippen molar-refractivity contribution in [2.24, 2.45) is 0 Å². The molecule has 1 aromatic carbocycles. The fraction of sp³-hybridized carbons (Fsp3) is 0.412. The van der Waals surface area contributed by atoms with Gasteiger partial charge in [0.2, 0.25) is 0 Å². The van der Waals surface area contributed by atoms with E-state index in [2.05, 4.69) is 10.3 Å². The van der Waals surface area contributed by atoms with Crippen molar-refractivity contribution in [3.05, 3.63) is 40.2 Å². The van der Waals surface area contributed by atoms with Crippen LogP contribution in [0.3, 0.4) is 0 Å². The SMILES string of the molecule is O=C(Nc1ncsc1C1CC1)N1CCCC1c1ccc(O)cc1. The minimum Gasteiger partial charge on any atom is -0.508 e. The number of nitrogens with one attached hydrogen (secondary N) is 1. The molecule has 2 aliphatic rings. The Morgan fingerprint density at radius 2 is 2.04 bits per heavy atom. The highest BCUT2D eigenvalue weighted by Gasteiger charge is 2.32. The van der Waals surface area contributed by atoms with Gasteiger partial charge >= 0.3 is 6.03 Å². The van der Waals surface area contributed by atoms with E-state index in [1.807, 2.05) is 22.5 Å². The van der Waals surface area contributed by atoms with Crippen LogP contribution in [0, 0.1) is 0 Å². The smallest absolute Gasteiger partial charge is 0.323 e. The van der Waals surface area contributed by atoms with Gasteiger partial charge in [0.1, 0.15) is 11.6 Å². The molecule has 1 aromatic heterocycles. The van der Waals surface area contributed by atoms with E-state index < -0.39 is 0 Å². The number of carbonyl (C=O) groups excluding carboxylic acids is 1. The van der Waals surface area contributed by atoms with Gasteiger partial charge in [0.15, 0.2) is 0 Å².